The Kier molecular flexibility index (Phi) is 3.53. The Morgan fingerprint density at radius 3 is 1.96 bits per heavy atom. The summed E-state index contributed by atoms with van der Waals surface area (Å²) in [5.74, 6) is -2.95. The Labute approximate surface area is 137 Å². The second-order valence-corrected chi connectivity index (χ2v) is 7.29. The van der Waals surface area contributed by atoms with Gasteiger partial charge in [0.2, 0.25) is 15.6 Å². The second-order valence-electron chi connectivity index (χ2n) is 5.37. The number of carbonyl (C=O) groups excluding carboxylic acids is 2. The Morgan fingerprint density at radius 2 is 1.38 bits per heavy atom. The van der Waals surface area contributed by atoms with E-state index in [0.29, 0.717) is 6.08 Å². The normalized spacial score (nSPS) is 14.3. The smallest absolute Gasteiger partial charge is 0.210 e. The number of aryl methyl sites for hydroxylation is 1. The highest BCUT2D eigenvalue weighted by atomic mass is 32.2. The van der Waals surface area contributed by atoms with Crippen molar-refractivity contribution in [3.63, 3.8) is 0 Å². The molecule has 0 bridgehead atoms. The van der Waals surface area contributed by atoms with Gasteiger partial charge in [-0.25, -0.2) is 8.42 Å². The third kappa shape index (κ3) is 2.30. The van der Waals surface area contributed by atoms with Gasteiger partial charge in [0.05, 0.1) is 16.0 Å². The number of sulfone groups is 1. The molecule has 0 fully saturated rings. The molecule has 24 heavy (non-hydrogen) atoms. The number of benzene rings is 2. The van der Waals surface area contributed by atoms with E-state index in [1.807, 2.05) is 0 Å². The summed E-state index contributed by atoms with van der Waals surface area (Å²) in [5, 5.41) is 19.6. The van der Waals surface area contributed by atoms with Gasteiger partial charge < -0.3 is 10.2 Å². The standard InChI is InChI=1S/C17H12O6S/c1-9-2-4-10(5-3-9)24(22,23)14-8-13(20)15-11(18)6-7-12(19)16(15)17(14)21/h2-8,18-19H,1H3. The molecular formula is C17H12O6S. The van der Waals surface area contributed by atoms with Gasteiger partial charge in [0, 0.05) is 6.08 Å². The zero-order valence-electron chi connectivity index (χ0n) is 12.5. The van der Waals surface area contributed by atoms with Crippen LogP contribution in [0, 0.1) is 6.92 Å². The summed E-state index contributed by atoms with van der Waals surface area (Å²) in [4.78, 5) is 23.9. The highest BCUT2D eigenvalue weighted by Gasteiger charge is 2.37. The molecule has 0 radical (unpaired) electrons. The molecule has 0 heterocycles. The highest BCUT2D eigenvalue weighted by molar-refractivity contribution is 7.96. The lowest BCUT2D eigenvalue weighted by Gasteiger charge is -2.17. The van der Waals surface area contributed by atoms with Crippen molar-refractivity contribution < 1.29 is 28.2 Å². The molecule has 2 aromatic carbocycles. The molecule has 6 nitrogen and oxygen atoms in total. The molecular weight excluding hydrogens is 332 g/mol. The molecule has 0 saturated carbocycles. The minimum Gasteiger partial charge on any atom is -0.507 e. The summed E-state index contributed by atoms with van der Waals surface area (Å²) in [5.41, 5.74) is -0.0714. The largest absolute Gasteiger partial charge is 0.507 e. The number of phenolic OH excluding ortho intramolecular Hbond substituents is 2. The average molecular weight is 344 g/mol. The zero-order chi connectivity index (χ0) is 17.6. The molecule has 0 unspecified atom stereocenters. The second kappa shape index (κ2) is 5.31. The first-order valence-electron chi connectivity index (χ1n) is 6.91. The van der Waals surface area contributed by atoms with E-state index in [9.17, 15) is 28.2 Å². The lowest BCUT2D eigenvalue weighted by molar-refractivity contribution is 0.0985. The van der Waals surface area contributed by atoms with Crippen LogP contribution in [0.3, 0.4) is 0 Å². The minimum atomic E-state index is -4.24. The molecule has 122 valence electrons. The predicted octanol–water partition coefficient (Wildman–Crippen LogP) is 2.14. The molecule has 1 aliphatic rings. The van der Waals surface area contributed by atoms with Gasteiger partial charge in [0.1, 0.15) is 16.4 Å². The van der Waals surface area contributed by atoms with Crippen molar-refractivity contribution in [3.8, 4) is 11.5 Å². The van der Waals surface area contributed by atoms with E-state index in [0.717, 1.165) is 17.7 Å². The van der Waals surface area contributed by atoms with Crippen LogP contribution in [0.15, 0.2) is 52.3 Å². The molecule has 2 N–H and O–H groups in total. The van der Waals surface area contributed by atoms with E-state index in [4.69, 9.17) is 0 Å². The number of hydrogen-bond donors (Lipinski definition) is 2. The van der Waals surface area contributed by atoms with E-state index in [2.05, 4.69) is 0 Å². The van der Waals surface area contributed by atoms with E-state index in [-0.39, 0.29) is 4.90 Å². The van der Waals surface area contributed by atoms with Crippen molar-refractivity contribution in [2.24, 2.45) is 0 Å². The van der Waals surface area contributed by atoms with Crippen molar-refractivity contribution in [2.75, 3.05) is 0 Å². The van der Waals surface area contributed by atoms with Crippen LogP contribution in [0.25, 0.3) is 0 Å². The molecule has 0 atom stereocenters. The summed E-state index contributed by atoms with van der Waals surface area (Å²) in [7, 11) is -4.24. The highest BCUT2D eigenvalue weighted by Crippen LogP contribution is 2.37. The van der Waals surface area contributed by atoms with E-state index in [1.165, 1.54) is 12.1 Å². The van der Waals surface area contributed by atoms with E-state index in [1.54, 1.807) is 19.1 Å². The zero-order valence-corrected chi connectivity index (χ0v) is 13.3. The Morgan fingerprint density at radius 1 is 0.833 bits per heavy atom. The molecule has 1 aliphatic carbocycles. The topological polar surface area (TPSA) is 109 Å². The number of Topliss-reactive ketones (excluding diaryl/α,β-unsaturated/α-hetero) is 1. The maximum absolute atomic E-state index is 12.7. The summed E-state index contributed by atoms with van der Waals surface area (Å²) in [6.07, 6.45) is 0.680. The van der Waals surface area contributed by atoms with Gasteiger partial charge >= 0.3 is 0 Å². The number of aromatic hydroxyl groups is 2. The molecule has 0 aromatic heterocycles. The van der Waals surface area contributed by atoms with Crippen molar-refractivity contribution in [2.45, 2.75) is 11.8 Å². The Bertz CT molecular complexity index is 1010. The molecule has 3 rings (SSSR count). The maximum atomic E-state index is 12.7. The lowest BCUT2D eigenvalue weighted by Crippen LogP contribution is -2.22. The minimum absolute atomic E-state index is 0.136. The van der Waals surface area contributed by atoms with Gasteiger partial charge in [-0.3, -0.25) is 9.59 Å². The fraction of sp³-hybridized carbons (Fsp3) is 0.0588. The number of hydrogen-bond acceptors (Lipinski definition) is 6. The van der Waals surface area contributed by atoms with Crippen molar-refractivity contribution >= 4 is 21.4 Å². The van der Waals surface area contributed by atoms with Crippen LogP contribution in [0.2, 0.25) is 0 Å². The van der Waals surface area contributed by atoms with Gasteiger partial charge in [0.25, 0.3) is 0 Å². The van der Waals surface area contributed by atoms with Crippen LogP contribution in [0.5, 0.6) is 11.5 Å². The van der Waals surface area contributed by atoms with Crippen LogP contribution >= 0.6 is 0 Å². The summed E-state index contributed by atoms with van der Waals surface area (Å²) in [6.45, 7) is 1.78. The number of fused-ring (bicyclic) bond motifs is 1. The number of carbonyl (C=O) groups is 2. The van der Waals surface area contributed by atoms with Crippen LogP contribution in [0.4, 0.5) is 0 Å². The van der Waals surface area contributed by atoms with Crippen molar-refractivity contribution in [3.05, 3.63) is 64.1 Å². The van der Waals surface area contributed by atoms with E-state index < -0.39 is 48.9 Å². The van der Waals surface area contributed by atoms with Crippen LogP contribution < -0.4 is 0 Å². The van der Waals surface area contributed by atoms with Crippen molar-refractivity contribution in [1.29, 1.82) is 0 Å². The van der Waals surface area contributed by atoms with Crippen LogP contribution in [0.1, 0.15) is 26.3 Å². The van der Waals surface area contributed by atoms with Gasteiger partial charge in [-0.2, -0.15) is 0 Å². The van der Waals surface area contributed by atoms with Gasteiger partial charge in [0.15, 0.2) is 5.78 Å². The van der Waals surface area contributed by atoms with Crippen molar-refractivity contribution in [1.82, 2.24) is 0 Å². The predicted molar refractivity (Wildman–Crippen MR) is 84.9 cm³/mol. The molecule has 7 heteroatoms. The first kappa shape index (κ1) is 15.9. The molecule has 2 aromatic rings. The van der Waals surface area contributed by atoms with Gasteiger partial charge in [-0.1, -0.05) is 17.7 Å². The number of phenols is 2. The Hall–Kier alpha value is -2.93. The fourth-order valence-corrected chi connectivity index (χ4v) is 3.84. The molecule has 0 amide bonds. The van der Waals surface area contributed by atoms with Gasteiger partial charge in [-0.05, 0) is 31.2 Å². The maximum Gasteiger partial charge on any atom is 0.210 e. The van der Waals surface area contributed by atoms with Crippen LogP contribution in [-0.4, -0.2) is 30.2 Å². The Balaban J connectivity index is 2.21. The third-order valence-corrected chi connectivity index (χ3v) is 5.52. The average Bonchev–Trinajstić information content (AvgIpc) is 2.53. The van der Waals surface area contributed by atoms with Gasteiger partial charge in [-0.15, -0.1) is 0 Å². The number of ketones is 2. The fourth-order valence-electron chi connectivity index (χ4n) is 2.48. The number of allylic oxidation sites excluding steroid dienone is 2. The summed E-state index contributed by atoms with van der Waals surface area (Å²) in [6, 6.07) is 7.90. The monoisotopic (exact) mass is 344 g/mol. The molecule has 0 saturated heterocycles. The number of rotatable bonds is 2. The molecule has 0 aliphatic heterocycles. The SMILES string of the molecule is Cc1ccc(S(=O)(=O)C2=CC(=O)c3c(O)ccc(O)c3C2=O)cc1. The first-order valence-corrected chi connectivity index (χ1v) is 8.39. The quantitative estimate of drug-likeness (QED) is 0.808. The lowest BCUT2D eigenvalue weighted by atomic mass is 9.93. The third-order valence-electron chi connectivity index (χ3n) is 3.74. The summed E-state index contributed by atoms with van der Waals surface area (Å²) < 4.78 is 25.4. The first-order chi connectivity index (χ1) is 11.2. The summed E-state index contributed by atoms with van der Waals surface area (Å²) >= 11 is 0. The molecule has 0 spiro atoms. The van der Waals surface area contributed by atoms with Crippen LogP contribution in [-0.2, 0) is 9.84 Å². The van der Waals surface area contributed by atoms with E-state index >= 15 is 0 Å².